The third kappa shape index (κ3) is 1.81. The van der Waals surface area contributed by atoms with Crippen LogP contribution >= 0.6 is 0 Å². The second-order valence-corrected chi connectivity index (χ2v) is 5.50. The first kappa shape index (κ1) is 12.5. The zero-order chi connectivity index (χ0) is 13.3. The van der Waals surface area contributed by atoms with E-state index in [1.807, 2.05) is 13.0 Å². The average Bonchev–Trinajstić information content (AvgIpc) is 2.47. The fraction of sp³-hybridized carbons (Fsp3) is 0.471. The van der Waals surface area contributed by atoms with Gasteiger partial charge >= 0.3 is 5.97 Å². The monoisotopic (exact) mass is 256 g/mol. The summed E-state index contributed by atoms with van der Waals surface area (Å²) in [4.78, 5) is 12.7. The quantitative estimate of drug-likeness (QED) is 0.599. The number of benzene rings is 1. The number of rotatable bonds is 2. The average molecular weight is 256 g/mol. The molecule has 2 aliphatic carbocycles. The topological polar surface area (TPSA) is 26.3 Å². The molecule has 0 saturated heterocycles. The summed E-state index contributed by atoms with van der Waals surface area (Å²) in [5.74, 6) is 0.364. The van der Waals surface area contributed by atoms with E-state index in [-0.39, 0.29) is 5.97 Å². The molecule has 2 aliphatic rings. The number of carbonyl (C=O) groups is 1. The molecule has 0 aliphatic heterocycles. The summed E-state index contributed by atoms with van der Waals surface area (Å²) < 4.78 is 5.43. The first-order valence-electron chi connectivity index (χ1n) is 7.19. The molecule has 1 aromatic rings. The summed E-state index contributed by atoms with van der Waals surface area (Å²) >= 11 is 0. The van der Waals surface area contributed by atoms with Crippen LogP contribution in [0.3, 0.4) is 0 Å². The molecule has 19 heavy (non-hydrogen) atoms. The van der Waals surface area contributed by atoms with Gasteiger partial charge in [0, 0.05) is 0 Å². The minimum atomic E-state index is -0.431. The van der Waals surface area contributed by atoms with Gasteiger partial charge in [-0.1, -0.05) is 36.4 Å². The summed E-state index contributed by atoms with van der Waals surface area (Å²) in [6.07, 6.45) is 8.31. The molecule has 0 saturated carbocycles. The van der Waals surface area contributed by atoms with E-state index in [9.17, 15) is 4.79 Å². The largest absolute Gasteiger partial charge is 0.465 e. The molecule has 0 heterocycles. The van der Waals surface area contributed by atoms with Crippen LogP contribution < -0.4 is 0 Å². The fourth-order valence-electron chi connectivity index (χ4n) is 3.71. The Labute approximate surface area is 114 Å². The second-order valence-electron chi connectivity index (χ2n) is 5.50. The van der Waals surface area contributed by atoms with Crippen LogP contribution in [0.1, 0.15) is 37.3 Å². The van der Waals surface area contributed by atoms with Crippen LogP contribution in [-0.4, -0.2) is 12.6 Å². The van der Waals surface area contributed by atoms with Crippen LogP contribution in [0.5, 0.6) is 0 Å². The maximum atomic E-state index is 12.7. The number of carbonyl (C=O) groups excluding carboxylic acids is 1. The highest BCUT2D eigenvalue weighted by molar-refractivity contribution is 5.85. The number of fused-ring (bicyclic) bond motifs is 3. The first-order chi connectivity index (χ1) is 9.29. The molecule has 1 aromatic carbocycles. The Bertz CT molecular complexity index is 518. The molecule has 0 aromatic heterocycles. The normalized spacial score (nSPS) is 28.4. The Morgan fingerprint density at radius 3 is 3.05 bits per heavy atom. The van der Waals surface area contributed by atoms with E-state index in [4.69, 9.17) is 4.74 Å². The maximum Gasteiger partial charge on any atom is 0.317 e. The van der Waals surface area contributed by atoms with Crippen LogP contribution in [0.25, 0.3) is 0 Å². The predicted octanol–water partition coefficient (Wildman–Crippen LogP) is 3.40. The van der Waals surface area contributed by atoms with Gasteiger partial charge in [-0.3, -0.25) is 4.79 Å². The van der Waals surface area contributed by atoms with Crippen LogP contribution in [0.2, 0.25) is 0 Å². The molecule has 0 spiro atoms. The molecule has 2 heteroatoms. The SMILES string of the molecule is CCOC(=O)C12CC=CCC1CCc1ccccc12. The summed E-state index contributed by atoms with van der Waals surface area (Å²) in [6, 6.07) is 8.39. The van der Waals surface area contributed by atoms with Gasteiger partial charge in [-0.2, -0.15) is 0 Å². The second kappa shape index (κ2) is 4.84. The van der Waals surface area contributed by atoms with Crippen LogP contribution in [0.15, 0.2) is 36.4 Å². The van der Waals surface area contributed by atoms with E-state index in [2.05, 4.69) is 30.4 Å². The van der Waals surface area contributed by atoms with Crippen molar-refractivity contribution < 1.29 is 9.53 Å². The van der Waals surface area contributed by atoms with Crippen LogP contribution in [0.4, 0.5) is 0 Å². The molecule has 0 fully saturated rings. The number of hydrogen-bond donors (Lipinski definition) is 0. The number of ether oxygens (including phenoxy) is 1. The van der Waals surface area contributed by atoms with Gasteiger partial charge in [0.05, 0.1) is 12.0 Å². The minimum absolute atomic E-state index is 0.0310. The summed E-state index contributed by atoms with van der Waals surface area (Å²) in [5, 5.41) is 0. The number of hydrogen-bond acceptors (Lipinski definition) is 2. The van der Waals surface area contributed by atoms with E-state index >= 15 is 0 Å². The van der Waals surface area contributed by atoms with E-state index < -0.39 is 5.41 Å². The van der Waals surface area contributed by atoms with E-state index in [1.165, 1.54) is 11.1 Å². The Morgan fingerprint density at radius 2 is 2.21 bits per heavy atom. The van der Waals surface area contributed by atoms with Crippen molar-refractivity contribution in [2.24, 2.45) is 5.92 Å². The molecule has 0 bridgehead atoms. The molecule has 100 valence electrons. The van der Waals surface area contributed by atoms with Crippen molar-refractivity contribution in [3.63, 3.8) is 0 Å². The predicted molar refractivity (Wildman–Crippen MR) is 74.9 cm³/mol. The van der Waals surface area contributed by atoms with Crippen LogP contribution in [-0.2, 0) is 21.4 Å². The lowest BCUT2D eigenvalue weighted by atomic mass is 9.59. The lowest BCUT2D eigenvalue weighted by molar-refractivity contribution is -0.153. The van der Waals surface area contributed by atoms with Gasteiger partial charge in [-0.05, 0) is 49.7 Å². The zero-order valence-electron chi connectivity index (χ0n) is 11.4. The van der Waals surface area contributed by atoms with Crippen molar-refractivity contribution in [1.82, 2.24) is 0 Å². The molecule has 3 rings (SSSR count). The van der Waals surface area contributed by atoms with Crippen molar-refractivity contribution in [1.29, 1.82) is 0 Å². The van der Waals surface area contributed by atoms with Gasteiger partial charge in [-0.15, -0.1) is 0 Å². The summed E-state index contributed by atoms with van der Waals surface area (Å²) in [6.45, 7) is 2.34. The Kier molecular flexibility index (Phi) is 3.17. The van der Waals surface area contributed by atoms with Crippen molar-refractivity contribution in [3.05, 3.63) is 47.5 Å². The lowest BCUT2D eigenvalue weighted by Gasteiger charge is -2.44. The fourth-order valence-corrected chi connectivity index (χ4v) is 3.71. The van der Waals surface area contributed by atoms with Gasteiger partial charge in [0.15, 0.2) is 0 Å². The number of allylic oxidation sites excluding steroid dienone is 2. The maximum absolute atomic E-state index is 12.7. The number of esters is 1. The molecular weight excluding hydrogens is 236 g/mol. The van der Waals surface area contributed by atoms with E-state index in [0.717, 1.165) is 25.7 Å². The standard InChI is InChI=1S/C17H20O2/c1-2-19-16(18)17-12-6-5-8-14(17)11-10-13-7-3-4-9-15(13)17/h3-7,9,14H,2,8,10-12H2,1H3. The number of aryl methyl sites for hydroxylation is 1. The highest BCUT2D eigenvalue weighted by Crippen LogP contribution is 2.48. The van der Waals surface area contributed by atoms with Crippen molar-refractivity contribution in [2.45, 2.75) is 38.0 Å². The summed E-state index contributed by atoms with van der Waals surface area (Å²) in [5.41, 5.74) is 2.09. The summed E-state index contributed by atoms with van der Waals surface area (Å²) in [7, 11) is 0. The highest BCUT2D eigenvalue weighted by Gasteiger charge is 2.50. The van der Waals surface area contributed by atoms with Crippen molar-refractivity contribution >= 4 is 5.97 Å². The Hall–Kier alpha value is -1.57. The van der Waals surface area contributed by atoms with Gasteiger partial charge in [0.25, 0.3) is 0 Å². The third-order valence-corrected chi connectivity index (χ3v) is 4.62. The molecule has 0 N–H and O–H groups in total. The molecule has 0 amide bonds. The smallest absolute Gasteiger partial charge is 0.317 e. The highest BCUT2D eigenvalue weighted by atomic mass is 16.5. The third-order valence-electron chi connectivity index (χ3n) is 4.62. The van der Waals surface area contributed by atoms with Gasteiger partial charge in [0.1, 0.15) is 0 Å². The molecule has 2 unspecified atom stereocenters. The molecule has 0 radical (unpaired) electrons. The van der Waals surface area contributed by atoms with Crippen molar-refractivity contribution in [2.75, 3.05) is 6.61 Å². The Morgan fingerprint density at radius 1 is 1.37 bits per heavy atom. The van der Waals surface area contributed by atoms with Gasteiger partial charge in [0.2, 0.25) is 0 Å². The molecule has 2 nitrogen and oxygen atoms in total. The van der Waals surface area contributed by atoms with Gasteiger partial charge in [-0.25, -0.2) is 0 Å². The zero-order valence-corrected chi connectivity index (χ0v) is 11.4. The molecular formula is C17H20O2. The van der Waals surface area contributed by atoms with E-state index in [1.54, 1.807) is 0 Å². The molecule has 2 atom stereocenters. The van der Waals surface area contributed by atoms with E-state index in [0.29, 0.717) is 12.5 Å². The van der Waals surface area contributed by atoms with Crippen LogP contribution in [0, 0.1) is 5.92 Å². The van der Waals surface area contributed by atoms with Gasteiger partial charge < -0.3 is 4.74 Å². The first-order valence-corrected chi connectivity index (χ1v) is 7.19. The Balaban J connectivity index is 2.13. The van der Waals surface area contributed by atoms with Crippen molar-refractivity contribution in [3.8, 4) is 0 Å². The minimum Gasteiger partial charge on any atom is -0.465 e. The lowest BCUT2D eigenvalue weighted by Crippen LogP contribution is -2.48.